The fraction of sp³-hybridized carbons (Fsp3) is 0.300. The van der Waals surface area contributed by atoms with E-state index in [2.05, 4.69) is 5.32 Å². The van der Waals surface area contributed by atoms with Crippen molar-refractivity contribution in [2.24, 2.45) is 0 Å². The van der Waals surface area contributed by atoms with E-state index < -0.39 is 6.04 Å². The maximum Gasteiger partial charge on any atom is 0.242 e. The van der Waals surface area contributed by atoms with Crippen LogP contribution in [-0.4, -0.2) is 35.6 Å². The van der Waals surface area contributed by atoms with Gasteiger partial charge in [0.25, 0.3) is 0 Å². The van der Waals surface area contributed by atoms with Crippen LogP contribution in [0.15, 0.2) is 48.5 Å². The Morgan fingerprint density at radius 3 is 2.56 bits per heavy atom. The van der Waals surface area contributed by atoms with Gasteiger partial charge in [-0.05, 0) is 36.2 Å². The fourth-order valence-corrected chi connectivity index (χ4v) is 3.98. The van der Waals surface area contributed by atoms with Crippen LogP contribution >= 0.6 is 35.0 Å². The van der Waals surface area contributed by atoms with Gasteiger partial charge in [0.15, 0.2) is 0 Å². The summed E-state index contributed by atoms with van der Waals surface area (Å²) in [6, 6.07) is 14.3. The molecule has 2 rings (SSSR count). The van der Waals surface area contributed by atoms with E-state index in [-0.39, 0.29) is 17.6 Å². The summed E-state index contributed by atoms with van der Waals surface area (Å²) >= 11 is 13.7. The van der Waals surface area contributed by atoms with Gasteiger partial charge >= 0.3 is 0 Å². The first kappa shape index (κ1) is 21.6. The van der Waals surface area contributed by atoms with E-state index in [0.717, 1.165) is 11.1 Å². The van der Waals surface area contributed by atoms with Gasteiger partial charge in [0, 0.05) is 29.4 Å². The van der Waals surface area contributed by atoms with Crippen molar-refractivity contribution in [3.63, 3.8) is 0 Å². The van der Waals surface area contributed by atoms with E-state index in [0.29, 0.717) is 22.3 Å². The molecule has 0 saturated carbocycles. The number of carbonyl (C=O) groups is 2. The largest absolute Gasteiger partial charge is 0.357 e. The highest BCUT2D eigenvalue weighted by Crippen LogP contribution is 2.22. The second kappa shape index (κ2) is 10.6. The molecule has 2 aromatic carbocycles. The van der Waals surface area contributed by atoms with Gasteiger partial charge in [-0.25, -0.2) is 0 Å². The predicted molar refractivity (Wildman–Crippen MR) is 113 cm³/mol. The fourth-order valence-electron chi connectivity index (χ4n) is 2.57. The van der Waals surface area contributed by atoms with Gasteiger partial charge < -0.3 is 10.2 Å². The van der Waals surface area contributed by atoms with Crippen LogP contribution in [-0.2, 0) is 21.9 Å². The van der Waals surface area contributed by atoms with Crippen LogP contribution in [0, 0.1) is 0 Å². The Hall–Kier alpha value is -1.69. The molecule has 0 aliphatic rings. The molecule has 4 nitrogen and oxygen atoms in total. The third-order valence-electron chi connectivity index (χ3n) is 4.10. The zero-order chi connectivity index (χ0) is 19.8. The molecular formula is C20H22Cl2N2O2S. The number of nitrogens with one attached hydrogen (secondary N) is 1. The molecule has 2 aromatic rings. The lowest BCUT2D eigenvalue weighted by atomic mass is 10.1. The Kier molecular flexibility index (Phi) is 8.48. The van der Waals surface area contributed by atoms with Gasteiger partial charge in [0.1, 0.15) is 6.04 Å². The lowest BCUT2D eigenvalue weighted by molar-refractivity contribution is -0.138. The van der Waals surface area contributed by atoms with Gasteiger partial charge in [0.05, 0.1) is 5.75 Å². The first-order chi connectivity index (χ1) is 12.9. The molecule has 7 heteroatoms. The van der Waals surface area contributed by atoms with Gasteiger partial charge in [0.2, 0.25) is 11.8 Å². The summed E-state index contributed by atoms with van der Waals surface area (Å²) < 4.78 is 0. The maximum atomic E-state index is 12.8. The molecule has 2 amide bonds. The number of rotatable bonds is 8. The number of amides is 2. The molecule has 0 saturated heterocycles. The summed E-state index contributed by atoms with van der Waals surface area (Å²) in [7, 11) is 1.56. The van der Waals surface area contributed by atoms with Gasteiger partial charge in [-0.15, -0.1) is 11.8 Å². The zero-order valence-electron chi connectivity index (χ0n) is 15.2. The Labute approximate surface area is 174 Å². The van der Waals surface area contributed by atoms with Crippen molar-refractivity contribution < 1.29 is 9.59 Å². The number of likely N-dealkylation sites (N-methyl/N-ethyl adjacent to an activating group) is 1. The van der Waals surface area contributed by atoms with Gasteiger partial charge in [-0.3, -0.25) is 9.59 Å². The molecule has 0 aliphatic carbocycles. The highest BCUT2D eigenvalue weighted by molar-refractivity contribution is 7.99. The summed E-state index contributed by atoms with van der Waals surface area (Å²) in [5.41, 5.74) is 1.86. The summed E-state index contributed by atoms with van der Waals surface area (Å²) in [5, 5.41) is 3.89. The number of thioether (sulfide) groups is 1. The number of benzene rings is 2. The monoisotopic (exact) mass is 424 g/mol. The van der Waals surface area contributed by atoms with Gasteiger partial charge in [-0.2, -0.15) is 0 Å². The first-order valence-corrected chi connectivity index (χ1v) is 10.4. The van der Waals surface area contributed by atoms with Crippen molar-refractivity contribution in [1.82, 2.24) is 10.2 Å². The maximum absolute atomic E-state index is 12.8. The van der Waals surface area contributed by atoms with Gasteiger partial charge in [-0.1, -0.05) is 53.5 Å². The molecule has 0 spiro atoms. The van der Waals surface area contributed by atoms with Crippen molar-refractivity contribution in [2.45, 2.75) is 25.3 Å². The molecule has 27 heavy (non-hydrogen) atoms. The third-order valence-corrected chi connectivity index (χ3v) is 5.67. The van der Waals surface area contributed by atoms with Crippen LogP contribution in [0.2, 0.25) is 10.0 Å². The topological polar surface area (TPSA) is 49.4 Å². The second-order valence-corrected chi connectivity index (χ2v) is 7.86. The highest BCUT2D eigenvalue weighted by atomic mass is 35.5. The Balaban J connectivity index is 2.06. The Bertz CT molecular complexity index is 801. The van der Waals surface area contributed by atoms with Crippen LogP contribution in [0.25, 0.3) is 0 Å². The lowest BCUT2D eigenvalue weighted by Gasteiger charge is -2.28. The van der Waals surface area contributed by atoms with Crippen LogP contribution in [0.4, 0.5) is 0 Å². The summed E-state index contributed by atoms with van der Waals surface area (Å²) in [4.78, 5) is 26.5. The van der Waals surface area contributed by atoms with Crippen LogP contribution in [0.3, 0.4) is 0 Å². The minimum atomic E-state index is -0.581. The smallest absolute Gasteiger partial charge is 0.242 e. The van der Waals surface area contributed by atoms with E-state index in [9.17, 15) is 9.59 Å². The summed E-state index contributed by atoms with van der Waals surface area (Å²) in [6.45, 7) is 2.04. The Morgan fingerprint density at radius 2 is 1.89 bits per heavy atom. The molecule has 0 heterocycles. The number of hydrogen-bond acceptors (Lipinski definition) is 3. The molecule has 1 atom stereocenters. The van der Waals surface area contributed by atoms with Crippen molar-refractivity contribution in [3.05, 3.63) is 69.7 Å². The zero-order valence-corrected chi connectivity index (χ0v) is 17.6. The number of nitrogens with zero attached hydrogens (tertiary/aromatic N) is 1. The number of carbonyl (C=O) groups excluding carboxylic acids is 2. The van der Waals surface area contributed by atoms with Crippen molar-refractivity contribution >= 4 is 46.8 Å². The number of halogens is 2. The highest BCUT2D eigenvalue weighted by Gasteiger charge is 2.25. The lowest BCUT2D eigenvalue weighted by Crippen LogP contribution is -2.47. The van der Waals surface area contributed by atoms with E-state index in [4.69, 9.17) is 23.2 Å². The van der Waals surface area contributed by atoms with Crippen LogP contribution in [0.1, 0.15) is 18.1 Å². The average Bonchev–Trinajstić information content (AvgIpc) is 2.66. The summed E-state index contributed by atoms with van der Waals surface area (Å²) in [5.74, 6) is 0.572. The quantitative estimate of drug-likeness (QED) is 0.683. The van der Waals surface area contributed by atoms with Crippen molar-refractivity contribution in [1.29, 1.82) is 0 Å². The molecule has 0 fully saturated rings. The van der Waals surface area contributed by atoms with Crippen LogP contribution < -0.4 is 5.32 Å². The SMILES string of the molecule is CNC(=O)[C@H](C)N(Cc1cccc(Cl)c1)C(=O)CSCc1ccccc1Cl. The molecule has 0 aliphatic heterocycles. The standard InChI is InChI=1S/C20H22Cl2N2O2S/c1-14(20(26)23-2)24(11-15-6-5-8-17(21)10-15)19(25)13-27-12-16-7-3-4-9-18(16)22/h3-10,14H,11-13H2,1-2H3,(H,23,26)/t14-/m0/s1. The molecule has 0 unspecified atom stereocenters. The molecule has 0 radical (unpaired) electrons. The molecule has 144 valence electrons. The average molecular weight is 425 g/mol. The van der Waals surface area contributed by atoms with E-state index in [1.165, 1.54) is 11.8 Å². The van der Waals surface area contributed by atoms with E-state index in [1.807, 2.05) is 36.4 Å². The molecule has 1 N–H and O–H groups in total. The first-order valence-electron chi connectivity index (χ1n) is 8.49. The van der Waals surface area contributed by atoms with E-state index in [1.54, 1.807) is 31.0 Å². The van der Waals surface area contributed by atoms with E-state index >= 15 is 0 Å². The van der Waals surface area contributed by atoms with Crippen LogP contribution in [0.5, 0.6) is 0 Å². The molecular weight excluding hydrogens is 403 g/mol. The Morgan fingerprint density at radius 1 is 1.15 bits per heavy atom. The minimum absolute atomic E-state index is 0.108. The third kappa shape index (κ3) is 6.45. The minimum Gasteiger partial charge on any atom is -0.357 e. The summed E-state index contributed by atoms with van der Waals surface area (Å²) in [6.07, 6.45) is 0. The normalized spacial score (nSPS) is 11.7. The number of hydrogen-bond donors (Lipinski definition) is 1. The van der Waals surface area contributed by atoms with Crippen molar-refractivity contribution in [2.75, 3.05) is 12.8 Å². The molecule has 0 aromatic heterocycles. The second-order valence-electron chi connectivity index (χ2n) is 6.03. The predicted octanol–water partition coefficient (Wildman–Crippen LogP) is 4.39. The van der Waals surface area contributed by atoms with Crippen molar-refractivity contribution in [3.8, 4) is 0 Å². The molecule has 0 bridgehead atoms.